The van der Waals surface area contributed by atoms with E-state index in [4.69, 9.17) is 0 Å². The van der Waals surface area contributed by atoms with Crippen LogP contribution in [0, 0.1) is 0 Å². The van der Waals surface area contributed by atoms with Gasteiger partial charge in [-0.15, -0.1) is 11.3 Å². The van der Waals surface area contributed by atoms with Gasteiger partial charge in [-0.05, 0) is 38.1 Å². The molecule has 4 nitrogen and oxygen atoms in total. The van der Waals surface area contributed by atoms with Gasteiger partial charge in [0.05, 0.1) is 5.51 Å². The average Bonchev–Trinajstić information content (AvgIpc) is 3.00. The minimum atomic E-state index is -4.64. The number of hydrogen-bond donors (Lipinski definition) is 1. The summed E-state index contributed by atoms with van der Waals surface area (Å²) in [5, 5.41) is 2.47. The molecular formula is C15H16F3N3OS. The third-order valence-electron chi connectivity index (χ3n) is 3.30. The van der Waals surface area contributed by atoms with Crippen molar-refractivity contribution in [3.05, 3.63) is 40.3 Å². The van der Waals surface area contributed by atoms with Crippen molar-refractivity contribution in [1.82, 2.24) is 4.98 Å². The molecule has 0 aliphatic carbocycles. The zero-order valence-corrected chi connectivity index (χ0v) is 13.5. The lowest BCUT2D eigenvalue weighted by Crippen LogP contribution is -2.21. The number of aromatic nitrogens is 1. The number of nitrogens with zero attached hydrogens (tertiary/aromatic N) is 2. The summed E-state index contributed by atoms with van der Waals surface area (Å²) in [7, 11) is 0. The molecule has 0 unspecified atom stereocenters. The van der Waals surface area contributed by atoms with Crippen molar-refractivity contribution in [1.29, 1.82) is 0 Å². The molecule has 2 rings (SSSR count). The predicted octanol–water partition coefficient (Wildman–Crippen LogP) is 4.26. The zero-order chi connectivity index (χ0) is 17.0. The maximum absolute atomic E-state index is 12.8. The van der Waals surface area contributed by atoms with Gasteiger partial charge in [-0.25, -0.2) is 4.98 Å². The first kappa shape index (κ1) is 17.3. The summed E-state index contributed by atoms with van der Waals surface area (Å²) in [4.78, 5) is 16.9. The van der Waals surface area contributed by atoms with E-state index in [2.05, 4.69) is 15.2 Å². The Balaban J connectivity index is 2.14. The SMILES string of the molecule is CCN(CC)c1ccc(NC(=O)c2scnc2C(F)(F)F)cc1. The Labute approximate surface area is 136 Å². The van der Waals surface area contributed by atoms with Crippen molar-refractivity contribution in [2.24, 2.45) is 0 Å². The smallest absolute Gasteiger partial charge is 0.372 e. The molecule has 0 aliphatic rings. The fraction of sp³-hybridized carbons (Fsp3) is 0.333. The first-order chi connectivity index (χ1) is 10.9. The lowest BCUT2D eigenvalue weighted by Gasteiger charge is -2.21. The standard InChI is InChI=1S/C15H16F3N3OS/c1-3-21(4-2)11-7-5-10(6-8-11)20-14(22)12-13(15(16,17)18)19-9-23-12/h5-9H,3-4H2,1-2H3,(H,20,22). The van der Waals surface area contributed by atoms with Gasteiger partial charge >= 0.3 is 6.18 Å². The fourth-order valence-electron chi connectivity index (χ4n) is 2.14. The van der Waals surface area contributed by atoms with Gasteiger partial charge in [0.2, 0.25) is 0 Å². The molecule has 0 atom stereocenters. The Bertz CT molecular complexity index is 663. The number of halogens is 3. The lowest BCUT2D eigenvalue weighted by atomic mass is 10.2. The lowest BCUT2D eigenvalue weighted by molar-refractivity contribution is -0.141. The van der Waals surface area contributed by atoms with Gasteiger partial charge in [0, 0.05) is 24.5 Å². The number of thiazole rings is 1. The van der Waals surface area contributed by atoms with Crippen LogP contribution in [0.15, 0.2) is 29.8 Å². The Morgan fingerprint density at radius 2 is 1.83 bits per heavy atom. The Morgan fingerprint density at radius 3 is 2.35 bits per heavy atom. The summed E-state index contributed by atoms with van der Waals surface area (Å²) >= 11 is 0.668. The summed E-state index contributed by atoms with van der Waals surface area (Å²) in [6.45, 7) is 5.75. The number of nitrogens with one attached hydrogen (secondary N) is 1. The molecule has 1 aromatic carbocycles. The Kier molecular flexibility index (Phi) is 5.25. The number of amides is 1. The van der Waals surface area contributed by atoms with Crippen molar-refractivity contribution in [3.63, 3.8) is 0 Å². The second-order valence-corrected chi connectivity index (χ2v) is 5.56. The van der Waals surface area contributed by atoms with Crippen LogP contribution in [0.1, 0.15) is 29.2 Å². The number of benzene rings is 1. The third-order valence-corrected chi connectivity index (χ3v) is 4.12. The van der Waals surface area contributed by atoms with Crippen molar-refractivity contribution < 1.29 is 18.0 Å². The molecular weight excluding hydrogens is 327 g/mol. The number of alkyl halides is 3. The van der Waals surface area contributed by atoms with E-state index in [1.165, 1.54) is 0 Å². The molecule has 2 aromatic rings. The molecule has 1 amide bonds. The van der Waals surface area contributed by atoms with Gasteiger partial charge in [-0.1, -0.05) is 0 Å². The van der Waals surface area contributed by atoms with Crippen LogP contribution in [-0.2, 0) is 6.18 Å². The zero-order valence-electron chi connectivity index (χ0n) is 12.6. The number of carbonyl (C=O) groups is 1. The van der Waals surface area contributed by atoms with E-state index < -0.39 is 22.7 Å². The maximum atomic E-state index is 12.8. The molecule has 8 heteroatoms. The predicted molar refractivity (Wildman–Crippen MR) is 85.1 cm³/mol. The molecule has 0 bridgehead atoms. The van der Waals surface area contributed by atoms with Gasteiger partial charge in [-0.2, -0.15) is 13.2 Å². The summed E-state index contributed by atoms with van der Waals surface area (Å²) in [5.74, 6) is -0.810. The summed E-state index contributed by atoms with van der Waals surface area (Å²) < 4.78 is 38.3. The highest BCUT2D eigenvalue weighted by molar-refractivity contribution is 7.12. The van der Waals surface area contributed by atoms with E-state index in [1.807, 2.05) is 26.0 Å². The van der Waals surface area contributed by atoms with E-state index in [0.29, 0.717) is 17.0 Å². The van der Waals surface area contributed by atoms with E-state index in [0.717, 1.165) is 24.3 Å². The van der Waals surface area contributed by atoms with Crippen LogP contribution >= 0.6 is 11.3 Å². The Morgan fingerprint density at radius 1 is 1.22 bits per heavy atom. The number of carbonyl (C=O) groups excluding carboxylic acids is 1. The normalized spacial score (nSPS) is 11.3. The second kappa shape index (κ2) is 6.99. The van der Waals surface area contributed by atoms with Crippen LogP contribution in [0.25, 0.3) is 0 Å². The van der Waals surface area contributed by atoms with Crippen LogP contribution in [0.5, 0.6) is 0 Å². The van der Waals surface area contributed by atoms with E-state index >= 15 is 0 Å². The van der Waals surface area contributed by atoms with Crippen LogP contribution < -0.4 is 10.2 Å². The summed E-state index contributed by atoms with van der Waals surface area (Å²) in [6.07, 6.45) is -4.64. The van der Waals surface area contributed by atoms with Gasteiger partial charge in [0.1, 0.15) is 4.88 Å². The van der Waals surface area contributed by atoms with Crippen molar-refractivity contribution in [2.75, 3.05) is 23.3 Å². The van der Waals surface area contributed by atoms with Crippen LogP contribution in [-0.4, -0.2) is 24.0 Å². The monoisotopic (exact) mass is 343 g/mol. The maximum Gasteiger partial charge on any atom is 0.434 e. The van der Waals surface area contributed by atoms with Crippen molar-refractivity contribution in [2.45, 2.75) is 20.0 Å². The summed E-state index contributed by atoms with van der Waals surface area (Å²) in [5.41, 5.74) is 1.29. The molecule has 0 spiro atoms. The van der Waals surface area contributed by atoms with Crippen molar-refractivity contribution >= 4 is 28.6 Å². The number of hydrogen-bond acceptors (Lipinski definition) is 4. The topological polar surface area (TPSA) is 45.2 Å². The molecule has 1 N–H and O–H groups in total. The average molecular weight is 343 g/mol. The van der Waals surface area contributed by atoms with Crippen LogP contribution in [0.2, 0.25) is 0 Å². The van der Waals surface area contributed by atoms with Crippen LogP contribution in [0.3, 0.4) is 0 Å². The highest BCUT2D eigenvalue weighted by Gasteiger charge is 2.38. The first-order valence-corrected chi connectivity index (χ1v) is 7.91. The summed E-state index contributed by atoms with van der Waals surface area (Å²) in [6, 6.07) is 6.97. The number of anilines is 2. The van der Waals surface area contributed by atoms with Gasteiger partial charge < -0.3 is 10.2 Å². The fourth-order valence-corrected chi connectivity index (χ4v) is 2.84. The minimum Gasteiger partial charge on any atom is -0.372 e. The molecule has 0 fully saturated rings. The third kappa shape index (κ3) is 4.01. The largest absolute Gasteiger partial charge is 0.434 e. The van der Waals surface area contributed by atoms with Crippen LogP contribution in [0.4, 0.5) is 24.5 Å². The van der Waals surface area contributed by atoms with Gasteiger partial charge in [0.15, 0.2) is 5.69 Å². The number of rotatable bonds is 5. The molecule has 0 saturated carbocycles. The van der Waals surface area contributed by atoms with Gasteiger partial charge in [0.25, 0.3) is 5.91 Å². The second-order valence-electron chi connectivity index (χ2n) is 4.70. The minimum absolute atomic E-state index is 0.437. The van der Waals surface area contributed by atoms with Crippen molar-refractivity contribution in [3.8, 4) is 0 Å². The molecule has 0 aliphatic heterocycles. The molecule has 1 aromatic heterocycles. The quantitative estimate of drug-likeness (QED) is 0.882. The molecule has 0 radical (unpaired) electrons. The molecule has 124 valence electrons. The van der Waals surface area contributed by atoms with Gasteiger partial charge in [-0.3, -0.25) is 4.79 Å². The Hall–Kier alpha value is -2.09. The highest BCUT2D eigenvalue weighted by Crippen LogP contribution is 2.33. The molecule has 23 heavy (non-hydrogen) atoms. The molecule has 0 saturated heterocycles. The van der Waals surface area contributed by atoms with E-state index in [-0.39, 0.29) is 0 Å². The first-order valence-electron chi connectivity index (χ1n) is 7.03. The van der Waals surface area contributed by atoms with E-state index in [9.17, 15) is 18.0 Å². The highest BCUT2D eigenvalue weighted by atomic mass is 32.1. The molecule has 1 heterocycles. The van der Waals surface area contributed by atoms with E-state index in [1.54, 1.807) is 12.1 Å².